The third-order valence-electron chi connectivity index (χ3n) is 3.81. The molecule has 3 heterocycles. The second kappa shape index (κ2) is 5.98. The smallest absolute Gasteiger partial charge is 0.234 e. The van der Waals surface area contributed by atoms with Crippen molar-refractivity contribution >= 4 is 0 Å². The SMILES string of the molecule is OC1CCOCC1c1nc(CC2CCCCO2)no1. The molecule has 0 bridgehead atoms. The predicted octanol–water partition coefficient (Wildman–Crippen LogP) is 1.05. The van der Waals surface area contributed by atoms with E-state index in [4.69, 9.17) is 14.0 Å². The Morgan fingerprint density at radius 3 is 2.95 bits per heavy atom. The molecule has 19 heavy (non-hydrogen) atoms. The molecule has 1 aromatic heterocycles. The number of nitrogens with zero attached hydrogens (tertiary/aromatic N) is 2. The van der Waals surface area contributed by atoms with Gasteiger partial charge >= 0.3 is 0 Å². The quantitative estimate of drug-likeness (QED) is 0.882. The van der Waals surface area contributed by atoms with Crippen LogP contribution in [0.15, 0.2) is 4.52 Å². The summed E-state index contributed by atoms with van der Waals surface area (Å²) in [7, 11) is 0. The minimum absolute atomic E-state index is 0.192. The van der Waals surface area contributed by atoms with Crippen LogP contribution in [0.2, 0.25) is 0 Å². The van der Waals surface area contributed by atoms with Gasteiger partial charge in [0.1, 0.15) is 0 Å². The normalized spacial score (nSPS) is 32.4. The second-order valence-corrected chi connectivity index (χ2v) is 5.28. The lowest BCUT2D eigenvalue weighted by molar-refractivity contribution is -0.0149. The Bertz CT molecular complexity index is 403. The molecule has 0 spiro atoms. The van der Waals surface area contributed by atoms with Crippen LogP contribution in [-0.2, 0) is 15.9 Å². The van der Waals surface area contributed by atoms with Gasteiger partial charge < -0.3 is 19.1 Å². The number of rotatable bonds is 3. The van der Waals surface area contributed by atoms with Crippen molar-refractivity contribution in [3.05, 3.63) is 11.7 Å². The molecule has 0 aromatic carbocycles. The maximum atomic E-state index is 9.92. The Morgan fingerprint density at radius 1 is 1.21 bits per heavy atom. The predicted molar refractivity (Wildman–Crippen MR) is 65.8 cm³/mol. The summed E-state index contributed by atoms with van der Waals surface area (Å²) in [6, 6.07) is 0. The van der Waals surface area contributed by atoms with Gasteiger partial charge in [0, 0.05) is 19.6 Å². The van der Waals surface area contributed by atoms with E-state index >= 15 is 0 Å². The monoisotopic (exact) mass is 268 g/mol. The molecule has 106 valence electrons. The minimum Gasteiger partial charge on any atom is -0.392 e. The lowest BCUT2D eigenvalue weighted by Gasteiger charge is -2.24. The highest BCUT2D eigenvalue weighted by Gasteiger charge is 2.30. The molecule has 0 aliphatic carbocycles. The van der Waals surface area contributed by atoms with Crippen LogP contribution >= 0.6 is 0 Å². The van der Waals surface area contributed by atoms with E-state index in [1.165, 1.54) is 6.42 Å². The number of hydrogen-bond donors (Lipinski definition) is 1. The van der Waals surface area contributed by atoms with E-state index in [-0.39, 0.29) is 12.0 Å². The molecular formula is C13H20N2O4. The number of ether oxygens (including phenoxy) is 2. The van der Waals surface area contributed by atoms with Crippen LogP contribution in [0.4, 0.5) is 0 Å². The topological polar surface area (TPSA) is 77.6 Å². The van der Waals surface area contributed by atoms with Crippen LogP contribution in [0.5, 0.6) is 0 Å². The summed E-state index contributed by atoms with van der Waals surface area (Å²) < 4.78 is 16.3. The van der Waals surface area contributed by atoms with Crippen molar-refractivity contribution < 1.29 is 19.1 Å². The Morgan fingerprint density at radius 2 is 2.16 bits per heavy atom. The average Bonchev–Trinajstić information content (AvgIpc) is 2.89. The van der Waals surface area contributed by atoms with Gasteiger partial charge in [-0.25, -0.2) is 0 Å². The highest BCUT2D eigenvalue weighted by Crippen LogP contribution is 2.25. The van der Waals surface area contributed by atoms with Crippen molar-refractivity contribution in [1.82, 2.24) is 10.1 Å². The maximum Gasteiger partial charge on any atom is 0.234 e. The summed E-state index contributed by atoms with van der Waals surface area (Å²) in [5.41, 5.74) is 0. The van der Waals surface area contributed by atoms with E-state index in [0.29, 0.717) is 37.8 Å². The van der Waals surface area contributed by atoms with Gasteiger partial charge in [0.15, 0.2) is 5.82 Å². The summed E-state index contributed by atoms with van der Waals surface area (Å²) >= 11 is 0. The fourth-order valence-corrected chi connectivity index (χ4v) is 2.64. The van der Waals surface area contributed by atoms with E-state index < -0.39 is 6.10 Å². The van der Waals surface area contributed by atoms with E-state index in [9.17, 15) is 5.11 Å². The summed E-state index contributed by atoms with van der Waals surface area (Å²) in [4.78, 5) is 4.38. The van der Waals surface area contributed by atoms with Crippen LogP contribution < -0.4 is 0 Å². The molecule has 2 saturated heterocycles. The second-order valence-electron chi connectivity index (χ2n) is 5.28. The van der Waals surface area contributed by atoms with Crippen molar-refractivity contribution in [3.8, 4) is 0 Å². The first-order valence-electron chi connectivity index (χ1n) is 7.03. The van der Waals surface area contributed by atoms with E-state index in [0.717, 1.165) is 19.4 Å². The van der Waals surface area contributed by atoms with Gasteiger partial charge in [-0.15, -0.1) is 0 Å². The molecule has 3 atom stereocenters. The third kappa shape index (κ3) is 3.13. The Kier molecular flexibility index (Phi) is 4.10. The molecule has 0 radical (unpaired) electrons. The highest BCUT2D eigenvalue weighted by atomic mass is 16.5. The molecule has 2 aliphatic heterocycles. The number of aliphatic hydroxyl groups excluding tert-OH is 1. The molecule has 0 saturated carbocycles. The van der Waals surface area contributed by atoms with Crippen LogP contribution in [0.3, 0.4) is 0 Å². The first-order valence-corrected chi connectivity index (χ1v) is 7.03. The Balaban J connectivity index is 1.61. The van der Waals surface area contributed by atoms with Gasteiger partial charge in [-0.2, -0.15) is 4.98 Å². The first kappa shape index (κ1) is 13.0. The van der Waals surface area contributed by atoms with E-state index in [1.807, 2.05) is 0 Å². The van der Waals surface area contributed by atoms with E-state index in [1.54, 1.807) is 0 Å². The lowest BCUT2D eigenvalue weighted by atomic mass is 9.99. The molecular weight excluding hydrogens is 248 g/mol. The molecule has 0 amide bonds. The lowest BCUT2D eigenvalue weighted by Crippen LogP contribution is -2.30. The number of hydrogen-bond acceptors (Lipinski definition) is 6. The zero-order valence-electron chi connectivity index (χ0n) is 11.0. The largest absolute Gasteiger partial charge is 0.392 e. The summed E-state index contributed by atoms with van der Waals surface area (Å²) in [5.74, 6) is 0.958. The summed E-state index contributed by atoms with van der Waals surface area (Å²) in [5, 5.41) is 13.9. The Labute approximate surface area is 112 Å². The average molecular weight is 268 g/mol. The van der Waals surface area contributed by atoms with Crippen LogP contribution in [0.1, 0.15) is 43.3 Å². The van der Waals surface area contributed by atoms with Crippen molar-refractivity contribution in [3.63, 3.8) is 0 Å². The van der Waals surface area contributed by atoms with Gasteiger partial charge in [0.25, 0.3) is 0 Å². The van der Waals surface area contributed by atoms with Gasteiger partial charge in [0.05, 0.1) is 24.7 Å². The van der Waals surface area contributed by atoms with Crippen LogP contribution in [-0.4, -0.2) is 47.3 Å². The molecule has 2 fully saturated rings. The standard InChI is InChI=1S/C13H20N2O4/c16-11-4-6-17-8-10(11)13-14-12(15-19-13)7-9-3-1-2-5-18-9/h9-11,16H,1-8H2. The Hall–Kier alpha value is -0.980. The van der Waals surface area contributed by atoms with Gasteiger partial charge in [-0.05, 0) is 25.7 Å². The van der Waals surface area contributed by atoms with Crippen molar-refractivity contribution in [2.24, 2.45) is 0 Å². The van der Waals surface area contributed by atoms with E-state index in [2.05, 4.69) is 10.1 Å². The van der Waals surface area contributed by atoms with Crippen LogP contribution in [0, 0.1) is 0 Å². The number of aliphatic hydroxyl groups is 1. The number of aromatic nitrogens is 2. The van der Waals surface area contributed by atoms with Crippen LogP contribution in [0.25, 0.3) is 0 Å². The van der Waals surface area contributed by atoms with Crippen molar-refractivity contribution in [2.75, 3.05) is 19.8 Å². The fraction of sp³-hybridized carbons (Fsp3) is 0.846. The minimum atomic E-state index is -0.451. The summed E-state index contributed by atoms with van der Waals surface area (Å²) in [6.45, 7) is 1.86. The highest BCUT2D eigenvalue weighted by molar-refractivity contribution is 4.99. The molecule has 6 nitrogen and oxygen atoms in total. The fourth-order valence-electron chi connectivity index (χ4n) is 2.64. The molecule has 1 aromatic rings. The first-order chi connectivity index (χ1) is 9.33. The molecule has 3 unspecified atom stereocenters. The molecule has 1 N–H and O–H groups in total. The summed E-state index contributed by atoms with van der Waals surface area (Å²) in [6.07, 6.45) is 4.45. The molecule has 6 heteroatoms. The van der Waals surface area contributed by atoms with Gasteiger partial charge in [-0.3, -0.25) is 0 Å². The van der Waals surface area contributed by atoms with Gasteiger partial charge in [0.2, 0.25) is 5.89 Å². The zero-order valence-corrected chi connectivity index (χ0v) is 11.0. The maximum absolute atomic E-state index is 9.92. The van der Waals surface area contributed by atoms with Gasteiger partial charge in [-0.1, -0.05) is 5.16 Å². The molecule has 2 aliphatic rings. The van der Waals surface area contributed by atoms with Crippen molar-refractivity contribution in [2.45, 2.75) is 50.2 Å². The molecule has 3 rings (SSSR count). The third-order valence-corrected chi connectivity index (χ3v) is 3.81. The zero-order chi connectivity index (χ0) is 13.1. The van der Waals surface area contributed by atoms with Crippen molar-refractivity contribution in [1.29, 1.82) is 0 Å².